The second-order valence-corrected chi connectivity index (χ2v) is 8.02. The van der Waals surface area contributed by atoms with Crippen molar-refractivity contribution in [3.05, 3.63) is 50.9 Å². The number of amides is 1. The molecule has 1 aromatic carbocycles. The monoisotopic (exact) mass is 519 g/mol. The number of halogens is 2. The number of nitrogens with two attached hydrogens (primary N) is 1. The number of carbonyl (C=O) groups excluding carboxylic acids is 1. The molecule has 3 aromatic rings. The Hall–Kier alpha value is -3.96. The molecule has 0 unspecified atom stereocenters. The number of carboxylic acids is 1. The highest BCUT2D eigenvalue weighted by atomic mass is 35.5. The zero-order valence-electron chi connectivity index (χ0n) is 18.7. The molecule has 0 saturated heterocycles. The molecule has 11 nitrogen and oxygen atoms in total. The summed E-state index contributed by atoms with van der Waals surface area (Å²) < 4.78 is 16.1. The third-order valence-corrected chi connectivity index (χ3v) is 5.98. The molecule has 13 heteroatoms. The first-order valence-corrected chi connectivity index (χ1v) is 10.7. The molecule has 0 radical (unpaired) electrons. The minimum Gasteiger partial charge on any atom is -0.493 e. The summed E-state index contributed by atoms with van der Waals surface area (Å²) in [5.74, 6) is -0.661. The first-order chi connectivity index (χ1) is 16.7. The molecule has 1 aliphatic heterocycles. The third kappa shape index (κ3) is 4.19. The second kappa shape index (κ2) is 9.35. The number of rotatable bonds is 7. The zero-order chi connectivity index (χ0) is 25.4. The minimum absolute atomic E-state index is 0.0308. The van der Waals surface area contributed by atoms with Gasteiger partial charge in [0, 0.05) is 11.9 Å². The number of aromatic carboxylic acids is 1. The third-order valence-electron chi connectivity index (χ3n) is 5.29. The van der Waals surface area contributed by atoms with Crippen LogP contribution in [-0.2, 0) is 11.3 Å². The van der Waals surface area contributed by atoms with Crippen LogP contribution >= 0.6 is 23.2 Å². The molecule has 4 N–H and O–H groups in total. The number of benzene rings is 1. The van der Waals surface area contributed by atoms with Crippen LogP contribution < -0.4 is 24.8 Å². The lowest BCUT2D eigenvalue weighted by Gasteiger charge is -2.20. The Bertz CT molecular complexity index is 1390. The number of hydrogen-bond acceptors (Lipinski definition) is 8. The van der Waals surface area contributed by atoms with Crippen molar-refractivity contribution in [3.63, 3.8) is 0 Å². The van der Waals surface area contributed by atoms with Crippen LogP contribution in [-0.4, -0.2) is 53.3 Å². The second-order valence-electron chi connectivity index (χ2n) is 7.29. The van der Waals surface area contributed by atoms with E-state index in [4.69, 9.17) is 43.1 Å². The Morgan fingerprint density at radius 3 is 2.49 bits per heavy atom. The van der Waals surface area contributed by atoms with E-state index < -0.39 is 11.9 Å². The summed E-state index contributed by atoms with van der Waals surface area (Å²) in [4.78, 5) is 37.1. The first-order valence-electron chi connectivity index (χ1n) is 9.96. The number of aromatic nitrogens is 3. The number of carbonyl (C=O) groups is 2. The zero-order valence-corrected chi connectivity index (χ0v) is 20.2. The van der Waals surface area contributed by atoms with Crippen molar-refractivity contribution in [1.29, 1.82) is 0 Å². The number of fused-ring (bicyclic) bond motifs is 1. The molecule has 3 heterocycles. The Morgan fingerprint density at radius 2 is 1.89 bits per heavy atom. The van der Waals surface area contributed by atoms with Crippen LogP contribution in [0.1, 0.15) is 27.2 Å². The summed E-state index contributed by atoms with van der Waals surface area (Å²) in [5.41, 5.74) is 7.08. The molecule has 0 aliphatic carbocycles. The maximum absolute atomic E-state index is 13.5. The maximum atomic E-state index is 13.5. The van der Waals surface area contributed by atoms with Crippen LogP contribution in [0.25, 0.3) is 11.6 Å². The molecular formula is C22H19Cl2N5O6. The summed E-state index contributed by atoms with van der Waals surface area (Å²) in [7, 11) is 4.34. The van der Waals surface area contributed by atoms with Gasteiger partial charge in [-0.05, 0) is 23.8 Å². The number of methoxy groups -OCH3 is 3. The first kappa shape index (κ1) is 24.2. The summed E-state index contributed by atoms with van der Waals surface area (Å²) in [6.45, 7) is -0.0450. The number of hydrogen-bond donors (Lipinski definition) is 3. The molecule has 0 atom stereocenters. The number of ether oxygens (including phenoxy) is 3. The van der Waals surface area contributed by atoms with Crippen LogP contribution in [0.3, 0.4) is 0 Å². The van der Waals surface area contributed by atoms with E-state index in [9.17, 15) is 14.7 Å². The van der Waals surface area contributed by atoms with E-state index >= 15 is 0 Å². The van der Waals surface area contributed by atoms with Gasteiger partial charge in [0.05, 0.1) is 49.6 Å². The SMILES string of the molecule is COc1cc(CN2C(=O)C(=Cc3cc(C(=O)O)c[nH]3)c3c(Cl)nc(N)nc32)c(Cl)c(OC)c1OC. The van der Waals surface area contributed by atoms with Gasteiger partial charge in [0.15, 0.2) is 17.3 Å². The smallest absolute Gasteiger partial charge is 0.337 e. The van der Waals surface area contributed by atoms with E-state index in [1.54, 1.807) is 6.07 Å². The molecule has 35 heavy (non-hydrogen) atoms. The van der Waals surface area contributed by atoms with Gasteiger partial charge in [-0.15, -0.1) is 0 Å². The molecule has 0 bridgehead atoms. The highest BCUT2D eigenvalue weighted by Gasteiger charge is 2.38. The molecular weight excluding hydrogens is 501 g/mol. The van der Waals surface area contributed by atoms with Crippen molar-refractivity contribution in [3.8, 4) is 17.2 Å². The van der Waals surface area contributed by atoms with Crippen LogP contribution in [0.2, 0.25) is 10.2 Å². The van der Waals surface area contributed by atoms with E-state index in [1.807, 2.05) is 0 Å². The van der Waals surface area contributed by atoms with Crippen molar-refractivity contribution in [2.75, 3.05) is 32.0 Å². The summed E-state index contributed by atoms with van der Waals surface area (Å²) >= 11 is 12.9. The van der Waals surface area contributed by atoms with Gasteiger partial charge in [0.2, 0.25) is 11.7 Å². The topological polar surface area (TPSA) is 153 Å². The van der Waals surface area contributed by atoms with E-state index in [0.717, 1.165) is 0 Å². The van der Waals surface area contributed by atoms with Crippen LogP contribution in [0.4, 0.5) is 11.8 Å². The average molecular weight is 520 g/mol. The predicted octanol–water partition coefficient (Wildman–Crippen LogP) is 3.51. The lowest BCUT2D eigenvalue weighted by Crippen LogP contribution is -2.27. The van der Waals surface area contributed by atoms with Gasteiger partial charge in [-0.3, -0.25) is 9.69 Å². The van der Waals surface area contributed by atoms with Crippen molar-refractivity contribution < 1.29 is 28.9 Å². The molecule has 0 saturated carbocycles. The fourth-order valence-electron chi connectivity index (χ4n) is 3.73. The lowest BCUT2D eigenvalue weighted by molar-refractivity contribution is -0.113. The van der Waals surface area contributed by atoms with Gasteiger partial charge in [-0.1, -0.05) is 23.2 Å². The predicted molar refractivity (Wildman–Crippen MR) is 129 cm³/mol. The Balaban J connectivity index is 1.84. The number of anilines is 2. The Labute approximate surface area is 209 Å². The Kier molecular flexibility index (Phi) is 6.46. The van der Waals surface area contributed by atoms with E-state index in [0.29, 0.717) is 22.8 Å². The number of H-pyrrole nitrogens is 1. The van der Waals surface area contributed by atoms with Gasteiger partial charge in [-0.25, -0.2) is 9.78 Å². The van der Waals surface area contributed by atoms with Crippen LogP contribution in [0.5, 0.6) is 17.2 Å². The van der Waals surface area contributed by atoms with Crippen molar-refractivity contribution in [1.82, 2.24) is 15.0 Å². The normalized spacial score (nSPS) is 13.8. The van der Waals surface area contributed by atoms with Gasteiger partial charge >= 0.3 is 5.97 Å². The summed E-state index contributed by atoms with van der Waals surface area (Å²) in [6, 6.07) is 3.00. The average Bonchev–Trinajstić information content (AvgIpc) is 3.39. The quantitative estimate of drug-likeness (QED) is 0.314. The standard InChI is InChI=1S/C22H19Cl2N5O6/c1-33-13-5-10(15(23)17(35-3)16(13)34-2)8-29-19-14(18(24)27-22(25)28-19)12(20(29)30)6-11-4-9(7-26-11)21(31)32/h4-7,26H,8H2,1-3H3,(H,31,32)(H2,25,27,28). The highest BCUT2D eigenvalue weighted by molar-refractivity contribution is 6.41. The molecule has 2 aromatic heterocycles. The van der Waals surface area contributed by atoms with Crippen molar-refractivity contribution in [2.24, 2.45) is 0 Å². The molecule has 0 fully saturated rings. The number of nitrogen functional groups attached to an aromatic ring is 1. The van der Waals surface area contributed by atoms with Crippen molar-refractivity contribution in [2.45, 2.75) is 6.54 Å². The summed E-state index contributed by atoms with van der Waals surface area (Å²) in [5, 5.41) is 9.36. The fraction of sp³-hybridized carbons (Fsp3) is 0.182. The van der Waals surface area contributed by atoms with Crippen molar-refractivity contribution >= 4 is 58.5 Å². The minimum atomic E-state index is -1.11. The Morgan fingerprint density at radius 1 is 1.17 bits per heavy atom. The molecule has 4 rings (SSSR count). The number of aromatic amines is 1. The molecule has 1 aliphatic rings. The summed E-state index contributed by atoms with van der Waals surface area (Å²) in [6.07, 6.45) is 2.78. The van der Waals surface area contributed by atoms with E-state index in [2.05, 4.69) is 15.0 Å². The van der Waals surface area contributed by atoms with E-state index in [-0.39, 0.29) is 50.9 Å². The fourth-order valence-corrected chi connectivity index (χ4v) is 4.28. The number of nitrogens with one attached hydrogen (secondary N) is 1. The van der Waals surface area contributed by atoms with E-state index in [1.165, 1.54) is 44.6 Å². The van der Waals surface area contributed by atoms with Gasteiger partial charge in [0.1, 0.15) is 5.15 Å². The molecule has 182 valence electrons. The van der Waals surface area contributed by atoms with Gasteiger partial charge < -0.3 is 30.0 Å². The molecule has 0 spiro atoms. The number of nitrogens with zero attached hydrogens (tertiary/aromatic N) is 3. The maximum Gasteiger partial charge on any atom is 0.337 e. The molecule has 1 amide bonds. The van der Waals surface area contributed by atoms with Crippen LogP contribution in [0, 0.1) is 0 Å². The largest absolute Gasteiger partial charge is 0.493 e. The van der Waals surface area contributed by atoms with Crippen LogP contribution in [0.15, 0.2) is 18.3 Å². The van der Waals surface area contributed by atoms with Gasteiger partial charge in [0.25, 0.3) is 5.91 Å². The van der Waals surface area contributed by atoms with Gasteiger partial charge in [-0.2, -0.15) is 4.98 Å². The lowest BCUT2D eigenvalue weighted by atomic mass is 10.1. The highest BCUT2D eigenvalue weighted by Crippen LogP contribution is 2.47. The number of carboxylic acid groups (broad SMARTS) is 1.